The first-order valence-corrected chi connectivity index (χ1v) is 10.7. The Morgan fingerprint density at radius 3 is 2.47 bits per heavy atom. The minimum atomic E-state index is -0.735. The average molecular weight is 463 g/mol. The molecular formula is C25H25N3O6. The van der Waals surface area contributed by atoms with Crippen molar-refractivity contribution >= 4 is 5.97 Å². The van der Waals surface area contributed by atoms with Crippen LogP contribution in [0.2, 0.25) is 0 Å². The number of hydrogen-bond acceptors (Lipinski definition) is 9. The average Bonchev–Trinajstić information content (AvgIpc) is 3.45. The second kappa shape index (κ2) is 9.78. The van der Waals surface area contributed by atoms with Gasteiger partial charge in [0.15, 0.2) is 17.6 Å². The van der Waals surface area contributed by atoms with Crippen LogP contribution in [-0.4, -0.2) is 28.4 Å². The number of rotatable bonds is 8. The summed E-state index contributed by atoms with van der Waals surface area (Å²) in [6.45, 7) is 7.60. The fraction of sp³-hybridized carbons (Fsp3) is 0.280. The molecule has 0 N–H and O–H groups in total. The Labute approximate surface area is 196 Å². The zero-order chi connectivity index (χ0) is 24.2. The predicted molar refractivity (Wildman–Crippen MR) is 122 cm³/mol. The zero-order valence-corrected chi connectivity index (χ0v) is 19.6. The van der Waals surface area contributed by atoms with Gasteiger partial charge in [0.1, 0.15) is 12.4 Å². The predicted octanol–water partition coefficient (Wildman–Crippen LogP) is 5.16. The third-order valence-electron chi connectivity index (χ3n) is 5.32. The molecule has 1 unspecified atom stereocenters. The molecule has 0 bridgehead atoms. The normalized spacial score (nSPS) is 11.8. The van der Waals surface area contributed by atoms with E-state index in [2.05, 4.69) is 15.4 Å². The van der Waals surface area contributed by atoms with Crippen LogP contribution in [-0.2, 0) is 11.3 Å². The Morgan fingerprint density at radius 2 is 1.79 bits per heavy atom. The van der Waals surface area contributed by atoms with Gasteiger partial charge in [-0.05, 0) is 58.0 Å². The molecule has 0 fully saturated rings. The van der Waals surface area contributed by atoms with Crippen molar-refractivity contribution in [2.75, 3.05) is 7.11 Å². The first kappa shape index (κ1) is 23.0. The number of benzene rings is 2. The van der Waals surface area contributed by atoms with Crippen molar-refractivity contribution in [1.29, 1.82) is 0 Å². The molecule has 2 aromatic heterocycles. The topological polar surface area (TPSA) is 110 Å². The zero-order valence-electron chi connectivity index (χ0n) is 19.6. The second-order valence-electron chi connectivity index (χ2n) is 7.82. The van der Waals surface area contributed by atoms with E-state index in [-0.39, 0.29) is 12.5 Å². The maximum Gasteiger partial charge on any atom is 0.339 e. The summed E-state index contributed by atoms with van der Waals surface area (Å²) in [5.74, 6) is 1.57. The van der Waals surface area contributed by atoms with Crippen molar-refractivity contribution in [3.63, 3.8) is 0 Å². The second-order valence-corrected chi connectivity index (χ2v) is 7.82. The van der Waals surface area contributed by atoms with E-state index in [9.17, 15) is 4.79 Å². The van der Waals surface area contributed by atoms with Crippen LogP contribution < -0.4 is 9.47 Å². The molecule has 2 aromatic carbocycles. The Morgan fingerprint density at radius 1 is 1.03 bits per heavy atom. The summed E-state index contributed by atoms with van der Waals surface area (Å²) in [4.78, 5) is 12.7. The highest BCUT2D eigenvalue weighted by atomic mass is 16.6. The highest BCUT2D eigenvalue weighted by Gasteiger charge is 2.21. The van der Waals surface area contributed by atoms with Gasteiger partial charge in [0, 0.05) is 5.56 Å². The number of carbonyl (C=O) groups excluding carboxylic acids is 1. The highest BCUT2D eigenvalue weighted by molar-refractivity contribution is 5.90. The number of aryl methyl sites for hydroxylation is 3. The van der Waals surface area contributed by atoms with Crippen molar-refractivity contribution in [3.05, 3.63) is 76.5 Å². The molecule has 0 amide bonds. The Balaban J connectivity index is 1.43. The molecule has 1 atom stereocenters. The minimum absolute atomic E-state index is 0.204. The molecule has 2 heterocycles. The Hall–Kier alpha value is -4.14. The van der Waals surface area contributed by atoms with E-state index in [1.807, 2.05) is 45.0 Å². The van der Waals surface area contributed by atoms with E-state index < -0.39 is 12.1 Å². The molecule has 34 heavy (non-hydrogen) atoms. The van der Waals surface area contributed by atoms with E-state index in [4.69, 9.17) is 23.2 Å². The van der Waals surface area contributed by atoms with Gasteiger partial charge in [-0.2, -0.15) is 0 Å². The SMILES string of the molecule is COc1cc(C(=O)OC(C)c2nnc(-c3ccc(C)cc3)o2)ccc1OCc1c(C)noc1C. The molecule has 0 saturated carbocycles. The lowest BCUT2D eigenvalue weighted by Crippen LogP contribution is -2.10. The van der Waals surface area contributed by atoms with Gasteiger partial charge < -0.3 is 23.2 Å². The Kier molecular flexibility index (Phi) is 6.62. The van der Waals surface area contributed by atoms with Crippen LogP contribution in [0.25, 0.3) is 11.5 Å². The number of esters is 1. The van der Waals surface area contributed by atoms with Crippen molar-refractivity contribution in [1.82, 2.24) is 15.4 Å². The van der Waals surface area contributed by atoms with Crippen LogP contribution in [0.15, 0.2) is 51.4 Å². The molecular weight excluding hydrogens is 438 g/mol. The molecule has 9 nitrogen and oxygen atoms in total. The standard InChI is InChI=1S/C25H25N3O6/c1-14-6-8-18(9-7-14)24-27-26-23(33-24)17(4)32-25(29)19-10-11-21(22(12-19)30-5)31-13-20-15(2)28-34-16(20)3/h6-12,17H,13H2,1-5H3. The van der Waals surface area contributed by atoms with Gasteiger partial charge in [-0.25, -0.2) is 4.79 Å². The number of nitrogens with zero attached hydrogens (tertiary/aromatic N) is 3. The summed E-state index contributed by atoms with van der Waals surface area (Å²) < 4.78 is 27.7. The molecule has 0 saturated heterocycles. The molecule has 4 aromatic rings. The van der Waals surface area contributed by atoms with Crippen molar-refractivity contribution in [2.45, 2.75) is 40.4 Å². The van der Waals surface area contributed by atoms with E-state index >= 15 is 0 Å². The van der Waals surface area contributed by atoms with Crippen LogP contribution >= 0.6 is 0 Å². The summed E-state index contributed by atoms with van der Waals surface area (Å²) in [5, 5.41) is 12.0. The number of ether oxygens (including phenoxy) is 3. The Bertz CT molecular complexity index is 1270. The lowest BCUT2D eigenvalue weighted by atomic mass is 10.1. The van der Waals surface area contributed by atoms with Crippen LogP contribution in [0, 0.1) is 20.8 Å². The quantitative estimate of drug-likeness (QED) is 0.327. The van der Waals surface area contributed by atoms with Gasteiger partial charge in [0.25, 0.3) is 5.89 Å². The largest absolute Gasteiger partial charge is 0.493 e. The summed E-state index contributed by atoms with van der Waals surface area (Å²) >= 11 is 0. The monoisotopic (exact) mass is 463 g/mol. The van der Waals surface area contributed by atoms with Gasteiger partial charge in [0.05, 0.1) is 23.9 Å². The molecule has 0 aliphatic carbocycles. The molecule has 0 radical (unpaired) electrons. The van der Waals surface area contributed by atoms with E-state index in [1.165, 1.54) is 7.11 Å². The summed E-state index contributed by atoms with van der Waals surface area (Å²) in [6, 6.07) is 12.5. The van der Waals surface area contributed by atoms with Gasteiger partial charge in [0.2, 0.25) is 5.89 Å². The van der Waals surface area contributed by atoms with Crippen LogP contribution in [0.4, 0.5) is 0 Å². The van der Waals surface area contributed by atoms with Crippen molar-refractivity contribution < 1.29 is 27.9 Å². The van der Waals surface area contributed by atoms with Crippen LogP contribution in [0.1, 0.15) is 51.9 Å². The molecule has 9 heteroatoms. The molecule has 0 aliphatic rings. The summed E-state index contributed by atoms with van der Waals surface area (Å²) in [6.07, 6.45) is -0.735. The number of carbonyl (C=O) groups is 1. The minimum Gasteiger partial charge on any atom is -0.493 e. The van der Waals surface area contributed by atoms with Gasteiger partial charge >= 0.3 is 5.97 Å². The lowest BCUT2D eigenvalue weighted by Gasteiger charge is -2.13. The third kappa shape index (κ3) is 4.93. The number of hydrogen-bond donors (Lipinski definition) is 0. The fourth-order valence-corrected chi connectivity index (χ4v) is 3.26. The van der Waals surface area contributed by atoms with Crippen molar-refractivity contribution in [2.24, 2.45) is 0 Å². The van der Waals surface area contributed by atoms with Gasteiger partial charge in [-0.1, -0.05) is 22.9 Å². The molecule has 0 spiro atoms. The maximum absolute atomic E-state index is 12.7. The summed E-state index contributed by atoms with van der Waals surface area (Å²) in [5.41, 5.74) is 3.84. The fourth-order valence-electron chi connectivity index (χ4n) is 3.26. The lowest BCUT2D eigenvalue weighted by molar-refractivity contribution is 0.0279. The van der Waals surface area contributed by atoms with Crippen molar-refractivity contribution in [3.8, 4) is 23.0 Å². The van der Waals surface area contributed by atoms with E-state index in [0.29, 0.717) is 28.7 Å². The van der Waals surface area contributed by atoms with E-state index in [1.54, 1.807) is 25.1 Å². The first-order valence-electron chi connectivity index (χ1n) is 10.7. The smallest absolute Gasteiger partial charge is 0.339 e. The number of aromatic nitrogens is 3. The summed E-state index contributed by atoms with van der Waals surface area (Å²) in [7, 11) is 1.50. The third-order valence-corrected chi connectivity index (χ3v) is 5.32. The number of methoxy groups -OCH3 is 1. The van der Waals surface area contributed by atoms with Gasteiger partial charge in [-0.15, -0.1) is 10.2 Å². The van der Waals surface area contributed by atoms with Crippen LogP contribution in [0.3, 0.4) is 0 Å². The molecule has 176 valence electrons. The molecule has 4 rings (SSSR count). The highest BCUT2D eigenvalue weighted by Crippen LogP contribution is 2.31. The van der Waals surface area contributed by atoms with E-state index in [0.717, 1.165) is 22.4 Å². The molecule has 0 aliphatic heterocycles. The first-order chi connectivity index (χ1) is 16.4. The maximum atomic E-state index is 12.7. The van der Waals surface area contributed by atoms with Crippen LogP contribution in [0.5, 0.6) is 11.5 Å². The van der Waals surface area contributed by atoms with Gasteiger partial charge in [-0.3, -0.25) is 0 Å².